The van der Waals surface area contributed by atoms with Crippen LogP contribution in [-0.4, -0.2) is 42.5 Å². The first-order valence-corrected chi connectivity index (χ1v) is 11.0. The molecule has 0 radical (unpaired) electrons. The summed E-state index contributed by atoms with van der Waals surface area (Å²) in [6.07, 6.45) is 3.87. The number of amides is 3. The van der Waals surface area contributed by atoms with Gasteiger partial charge in [0, 0.05) is 17.6 Å². The van der Waals surface area contributed by atoms with Gasteiger partial charge in [0.05, 0.1) is 11.4 Å². The first-order valence-electron chi connectivity index (χ1n) is 11.0. The summed E-state index contributed by atoms with van der Waals surface area (Å²) in [5.41, 5.74) is 7.50. The Labute approximate surface area is 187 Å². The van der Waals surface area contributed by atoms with Gasteiger partial charge in [0.2, 0.25) is 5.91 Å². The molecule has 1 fully saturated rings. The van der Waals surface area contributed by atoms with Crippen molar-refractivity contribution in [2.45, 2.75) is 50.7 Å². The first-order chi connectivity index (χ1) is 15.4. The van der Waals surface area contributed by atoms with Gasteiger partial charge in [-0.1, -0.05) is 31.0 Å². The number of carbonyl (C=O) groups excluding carboxylic acids is 3. The number of rotatable bonds is 5. The van der Waals surface area contributed by atoms with Crippen molar-refractivity contribution < 1.29 is 19.1 Å². The van der Waals surface area contributed by atoms with E-state index < -0.39 is 6.04 Å². The third-order valence-corrected chi connectivity index (χ3v) is 6.05. The fourth-order valence-corrected chi connectivity index (χ4v) is 4.22. The lowest BCUT2D eigenvalue weighted by molar-refractivity contribution is -0.124. The molecule has 8 heteroatoms. The average Bonchev–Trinajstić information content (AvgIpc) is 2.80. The number of nitrogens with one attached hydrogen (secondary N) is 2. The minimum Gasteiger partial charge on any atom is -0.484 e. The number of hydrogen-bond acceptors (Lipinski definition) is 5. The molecule has 3 atom stereocenters. The van der Waals surface area contributed by atoms with E-state index >= 15 is 0 Å². The number of nitrogens with zero attached hydrogens (tertiary/aromatic N) is 1. The molecular weight excluding hydrogens is 408 g/mol. The number of para-hydroxylation sites is 1. The second-order valence-electron chi connectivity index (χ2n) is 8.29. The van der Waals surface area contributed by atoms with E-state index in [0.717, 1.165) is 25.7 Å². The third kappa shape index (κ3) is 4.60. The highest BCUT2D eigenvalue weighted by Gasteiger charge is 2.34. The molecule has 3 unspecified atom stereocenters. The molecule has 8 nitrogen and oxygen atoms in total. The molecule has 0 aromatic heterocycles. The zero-order valence-electron chi connectivity index (χ0n) is 18.0. The van der Waals surface area contributed by atoms with Crippen LogP contribution in [-0.2, 0) is 9.59 Å². The van der Waals surface area contributed by atoms with E-state index in [1.54, 1.807) is 37.3 Å². The summed E-state index contributed by atoms with van der Waals surface area (Å²) in [5, 5.41) is 5.80. The molecule has 3 amide bonds. The lowest BCUT2D eigenvalue weighted by Gasteiger charge is -2.35. The molecular formula is C24H28N4O4. The lowest BCUT2D eigenvalue weighted by atomic mass is 9.91. The van der Waals surface area contributed by atoms with Crippen LogP contribution in [0.1, 0.15) is 43.0 Å². The predicted octanol–water partition coefficient (Wildman–Crippen LogP) is 2.44. The van der Waals surface area contributed by atoms with E-state index in [1.165, 1.54) is 4.90 Å². The van der Waals surface area contributed by atoms with Gasteiger partial charge in [0.15, 0.2) is 6.61 Å². The van der Waals surface area contributed by atoms with Crippen molar-refractivity contribution in [2.24, 2.45) is 5.73 Å². The second-order valence-corrected chi connectivity index (χ2v) is 8.29. The highest BCUT2D eigenvalue weighted by Crippen LogP contribution is 2.33. The molecule has 168 valence electrons. The van der Waals surface area contributed by atoms with Gasteiger partial charge in [-0.15, -0.1) is 0 Å². The van der Waals surface area contributed by atoms with Gasteiger partial charge in [-0.25, -0.2) is 0 Å². The van der Waals surface area contributed by atoms with Crippen molar-refractivity contribution in [2.75, 3.05) is 16.8 Å². The SMILES string of the molecule is CC1C(=O)Nc2cc(C(=O)NC3CCCCC3N)ccc2N1C(=O)COc1ccccc1. The number of hydrogen-bond donors (Lipinski definition) is 3. The van der Waals surface area contributed by atoms with Crippen LogP contribution in [0.2, 0.25) is 0 Å². The Balaban J connectivity index is 1.51. The van der Waals surface area contributed by atoms with Crippen LogP contribution in [0.25, 0.3) is 0 Å². The van der Waals surface area contributed by atoms with Crippen molar-refractivity contribution in [3.63, 3.8) is 0 Å². The molecule has 32 heavy (non-hydrogen) atoms. The minimum atomic E-state index is -0.700. The Morgan fingerprint density at radius 2 is 1.91 bits per heavy atom. The van der Waals surface area contributed by atoms with Crippen LogP contribution >= 0.6 is 0 Å². The molecule has 4 rings (SSSR count). The number of benzene rings is 2. The zero-order valence-corrected chi connectivity index (χ0v) is 18.0. The molecule has 0 saturated heterocycles. The molecule has 1 saturated carbocycles. The fraction of sp³-hybridized carbons (Fsp3) is 0.375. The van der Waals surface area contributed by atoms with Crippen molar-refractivity contribution in [1.82, 2.24) is 5.32 Å². The predicted molar refractivity (Wildman–Crippen MR) is 122 cm³/mol. The summed E-state index contributed by atoms with van der Waals surface area (Å²) < 4.78 is 5.58. The minimum absolute atomic E-state index is 0.0522. The number of anilines is 2. The van der Waals surface area contributed by atoms with Crippen LogP contribution in [0.5, 0.6) is 5.75 Å². The summed E-state index contributed by atoms with van der Waals surface area (Å²) in [4.78, 5) is 39.7. The van der Waals surface area contributed by atoms with Crippen molar-refractivity contribution in [3.05, 3.63) is 54.1 Å². The average molecular weight is 437 g/mol. The maximum absolute atomic E-state index is 12.9. The van der Waals surface area contributed by atoms with Gasteiger partial charge in [-0.05, 0) is 50.1 Å². The van der Waals surface area contributed by atoms with Crippen LogP contribution < -0.4 is 26.0 Å². The fourth-order valence-electron chi connectivity index (χ4n) is 4.22. The van der Waals surface area contributed by atoms with Gasteiger partial charge in [0.1, 0.15) is 11.8 Å². The molecule has 1 aliphatic carbocycles. The Bertz CT molecular complexity index is 1010. The Morgan fingerprint density at radius 1 is 1.16 bits per heavy atom. The number of nitrogens with two attached hydrogens (primary N) is 1. The van der Waals surface area contributed by atoms with E-state index in [4.69, 9.17) is 10.5 Å². The topological polar surface area (TPSA) is 114 Å². The van der Waals surface area contributed by atoms with E-state index in [2.05, 4.69) is 10.6 Å². The number of fused-ring (bicyclic) bond motifs is 1. The Kier molecular flexibility index (Phi) is 6.41. The highest BCUT2D eigenvalue weighted by atomic mass is 16.5. The summed E-state index contributed by atoms with van der Waals surface area (Å²) in [7, 11) is 0. The highest BCUT2D eigenvalue weighted by molar-refractivity contribution is 6.13. The third-order valence-electron chi connectivity index (χ3n) is 6.05. The molecule has 2 aromatic carbocycles. The smallest absolute Gasteiger partial charge is 0.265 e. The number of ether oxygens (including phenoxy) is 1. The maximum atomic E-state index is 12.9. The lowest BCUT2D eigenvalue weighted by Crippen LogP contribution is -2.51. The standard InChI is InChI=1S/C24H28N4O4/c1-15-23(30)27-20-13-16(24(31)26-19-10-6-5-9-18(19)25)11-12-21(20)28(15)22(29)14-32-17-7-3-2-4-8-17/h2-4,7-8,11-13,15,18-19H,5-6,9-10,14,25H2,1H3,(H,26,31)(H,27,30). The normalized spacial score (nSPS) is 22.5. The van der Waals surface area contributed by atoms with Gasteiger partial charge >= 0.3 is 0 Å². The molecule has 0 spiro atoms. The summed E-state index contributed by atoms with van der Waals surface area (Å²) in [5.74, 6) is -0.336. The van der Waals surface area contributed by atoms with Crippen LogP contribution in [0.4, 0.5) is 11.4 Å². The molecule has 4 N–H and O–H groups in total. The van der Waals surface area contributed by atoms with Gasteiger partial charge in [-0.2, -0.15) is 0 Å². The molecule has 2 aliphatic rings. The summed E-state index contributed by atoms with van der Waals surface area (Å²) >= 11 is 0. The van der Waals surface area contributed by atoms with Crippen molar-refractivity contribution in [3.8, 4) is 5.75 Å². The van der Waals surface area contributed by atoms with Gasteiger partial charge in [-0.3, -0.25) is 19.3 Å². The largest absolute Gasteiger partial charge is 0.484 e. The molecule has 1 heterocycles. The number of carbonyl (C=O) groups is 3. The van der Waals surface area contributed by atoms with E-state index in [-0.39, 0.29) is 36.4 Å². The Hall–Kier alpha value is -3.39. The summed E-state index contributed by atoms with van der Waals surface area (Å²) in [6, 6.07) is 13.1. The van der Waals surface area contributed by atoms with E-state index in [0.29, 0.717) is 22.7 Å². The van der Waals surface area contributed by atoms with E-state index in [1.807, 2.05) is 18.2 Å². The van der Waals surface area contributed by atoms with E-state index in [9.17, 15) is 14.4 Å². The van der Waals surface area contributed by atoms with Crippen LogP contribution in [0.15, 0.2) is 48.5 Å². The molecule has 0 bridgehead atoms. The Morgan fingerprint density at radius 3 is 2.66 bits per heavy atom. The monoisotopic (exact) mass is 436 g/mol. The quantitative estimate of drug-likeness (QED) is 0.666. The first kappa shape index (κ1) is 21.8. The van der Waals surface area contributed by atoms with Gasteiger partial charge < -0.3 is 21.1 Å². The van der Waals surface area contributed by atoms with Crippen molar-refractivity contribution in [1.29, 1.82) is 0 Å². The van der Waals surface area contributed by atoms with Crippen LogP contribution in [0, 0.1) is 0 Å². The molecule has 1 aliphatic heterocycles. The van der Waals surface area contributed by atoms with Gasteiger partial charge in [0.25, 0.3) is 11.8 Å². The zero-order chi connectivity index (χ0) is 22.7. The van der Waals surface area contributed by atoms with Crippen molar-refractivity contribution >= 4 is 29.1 Å². The molecule has 2 aromatic rings. The second kappa shape index (κ2) is 9.40. The maximum Gasteiger partial charge on any atom is 0.265 e. The van der Waals surface area contributed by atoms with Crippen LogP contribution in [0.3, 0.4) is 0 Å². The summed E-state index contributed by atoms with van der Waals surface area (Å²) in [6.45, 7) is 1.45.